The number of benzene rings is 1. The van der Waals surface area contributed by atoms with E-state index in [-0.39, 0.29) is 11.3 Å². The van der Waals surface area contributed by atoms with E-state index in [1.54, 1.807) is 12.1 Å². The van der Waals surface area contributed by atoms with Gasteiger partial charge in [-0.2, -0.15) is 5.26 Å². The minimum Gasteiger partial charge on any atom is -0.366 e. The zero-order chi connectivity index (χ0) is 20.2. The molecule has 2 aromatic rings. The van der Waals surface area contributed by atoms with Crippen molar-refractivity contribution in [2.75, 3.05) is 0 Å². The summed E-state index contributed by atoms with van der Waals surface area (Å²) in [4.78, 5) is 12.3. The van der Waals surface area contributed by atoms with Crippen molar-refractivity contribution in [1.29, 1.82) is 5.26 Å². The predicted octanol–water partition coefficient (Wildman–Crippen LogP) is 5.21. The molecule has 0 saturated heterocycles. The van der Waals surface area contributed by atoms with Crippen LogP contribution < -0.4 is 5.73 Å². The number of nitrogens with zero attached hydrogens (tertiary/aromatic N) is 2. The smallest absolute Gasteiger partial charge is 0.251 e. The molecule has 0 spiro atoms. The molecule has 1 aromatic carbocycles. The fourth-order valence-electron chi connectivity index (χ4n) is 3.48. The molecule has 27 heavy (non-hydrogen) atoms. The average molecular weight is 366 g/mol. The molecule has 144 valence electrons. The zero-order valence-electron chi connectivity index (χ0n) is 17.2. The standard InChI is InChI=1S/C23H31N3O/c1-6-7-8-19-21(18-11-9-17(15-24)10-12-18)20(22(25)27)16(2)26(19)14-13-23(3,4)5/h9-12H,6-8,13-14H2,1-5H3,(H2,25,27). The average Bonchev–Trinajstić information content (AvgIpc) is 2.89. The second-order valence-corrected chi connectivity index (χ2v) is 8.40. The van der Waals surface area contributed by atoms with Crippen LogP contribution in [0.25, 0.3) is 11.1 Å². The van der Waals surface area contributed by atoms with E-state index in [9.17, 15) is 4.79 Å². The van der Waals surface area contributed by atoms with Crippen molar-refractivity contribution in [2.45, 2.75) is 66.8 Å². The maximum Gasteiger partial charge on any atom is 0.251 e. The second-order valence-electron chi connectivity index (χ2n) is 8.40. The van der Waals surface area contributed by atoms with Crippen molar-refractivity contribution in [1.82, 2.24) is 4.57 Å². The number of nitriles is 1. The molecule has 2 N–H and O–H groups in total. The SMILES string of the molecule is CCCCc1c(-c2ccc(C#N)cc2)c(C(N)=O)c(C)n1CCC(C)(C)C. The summed E-state index contributed by atoms with van der Waals surface area (Å²) >= 11 is 0. The van der Waals surface area contributed by atoms with E-state index in [1.807, 2.05) is 19.1 Å². The quantitative estimate of drug-likeness (QED) is 0.731. The fourth-order valence-corrected chi connectivity index (χ4v) is 3.48. The molecular weight excluding hydrogens is 334 g/mol. The fraction of sp³-hybridized carbons (Fsp3) is 0.478. The molecule has 2 rings (SSSR count). The number of nitrogens with two attached hydrogens (primary N) is 1. The molecule has 4 nitrogen and oxygen atoms in total. The van der Waals surface area contributed by atoms with Gasteiger partial charge in [-0.3, -0.25) is 4.79 Å². The number of amides is 1. The van der Waals surface area contributed by atoms with Crippen molar-refractivity contribution in [3.05, 3.63) is 46.8 Å². The first-order valence-corrected chi connectivity index (χ1v) is 9.72. The van der Waals surface area contributed by atoms with Gasteiger partial charge in [0.2, 0.25) is 0 Å². The molecule has 4 heteroatoms. The molecular formula is C23H31N3O. The van der Waals surface area contributed by atoms with E-state index in [4.69, 9.17) is 11.0 Å². The highest BCUT2D eigenvalue weighted by Crippen LogP contribution is 2.35. The predicted molar refractivity (Wildman–Crippen MR) is 111 cm³/mol. The summed E-state index contributed by atoms with van der Waals surface area (Å²) in [5, 5.41) is 9.08. The van der Waals surface area contributed by atoms with Gasteiger partial charge in [0, 0.05) is 23.5 Å². The van der Waals surface area contributed by atoms with E-state index in [1.165, 1.54) is 5.69 Å². The minimum absolute atomic E-state index is 0.209. The van der Waals surface area contributed by atoms with E-state index in [0.29, 0.717) is 11.1 Å². The minimum atomic E-state index is -0.390. The Labute approximate surface area is 163 Å². The summed E-state index contributed by atoms with van der Waals surface area (Å²) in [6.45, 7) is 11.7. The van der Waals surface area contributed by atoms with Gasteiger partial charge in [-0.15, -0.1) is 0 Å². The first-order valence-electron chi connectivity index (χ1n) is 9.72. The number of rotatable bonds is 7. The van der Waals surface area contributed by atoms with Gasteiger partial charge in [0.1, 0.15) is 0 Å². The lowest BCUT2D eigenvalue weighted by Crippen LogP contribution is -2.15. The van der Waals surface area contributed by atoms with Crippen LogP contribution >= 0.6 is 0 Å². The normalized spacial score (nSPS) is 11.4. The highest BCUT2D eigenvalue weighted by molar-refractivity contribution is 6.02. The molecule has 0 aliphatic carbocycles. The number of carbonyl (C=O) groups is 1. The Kier molecular flexibility index (Phi) is 6.49. The monoisotopic (exact) mass is 365 g/mol. The Bertz CT molecular complexity index is 846. The van der Waals surface area contributed by atoms with E-state index in [0.717, 1.165) is 49.0 Å². The number of hydrogen-bond acceptors (Lipinski definition) is 2. The van der Waals surface area contributed by atoms with Crippen LogP contribution in [0.2, 0.25) is 0 Å². The molecule has 1 heterocycles. The van der Waals surface area contributed by atoms with Gasteiger partial charge < -0.3 is 10.3 Å². The van der Waals surface area contributed by atoms with Crippen molar-refractivity contribution in [3.63, 3.8) is 0 Å². The first-order chi connectivity index (χ1) is 12.7. The summed E-state index contributed by atoms with van der Waals surface area (Å²) in [5.74, 6) is -0.390. The van der Waals surface area contributed by atoms with Crippen LogP contribution in [-0.2, 0) is 13.0 Å². The third-order valence-electron chi connectivity index (χ3n) is 5.03. The molecule has 0 fully saturated rings. The van der Waals surface area contributed by atoms with E-state index >= 15 is 0 Å². The van der Waals surface area contributed by atoms with Gasteiger partial charge in [-0.1, -0.05) is 46.2 Å². The van der Waals surface area contributed by atoms with Gasteiger partial charge in [0.05, 0.1) is 17.2 Å². The van der Waals surface area contributed by atoms with Gasteiger partial charge in [0.15, 0.2) is 0 Å². The second kappa shape index (κ2) is 8.43. The summed E-state index contributed by atoms with van der Waals surface area (Å²) < 4.78 is 2.29. The Morgan fingerprint density at radius 1 is 1.22 bits per heavy atom. The zero-order valence-corrected chi connectivity index (χ0v) is 17.2. The molecule has 1 amide bonds. The van der Waals surface area contributed by atoms with Crippen molar-refractivity contribution < 1.29 is 4.79 Å². The number of unbranched alkanes of at least 4 members (excludes halogenated alkanes) is 1. The maximum absolute atomic E-state index is 12.3. The van der Waals surface area contributed by atoms with E-state index < -0.39 is 0 Å². The maximum atomic E-state index is 12.3. The molecule has 0 aliphatic heterocycles. The molecule has 1 aromatic heterocycles. The van der Waals surface area contributed by atoms with Gasteiger partial charge in [-0.25, -0.2) is 0 Å². The van der Waals surface area contributed by atoms with Crippen molar-refractivity contribution in [3.8, 4) is 17.2 Å². The Morgan fingerprint density at radius 3 is 2.33 bits per heavy atom. The first kappa shape index (κ1) is 20.8. The van der Waals surface area contributed by atoms with Gasteiger partial charge in [-0.05, 0) is 49.3 Å². The third kappa shape index (κ3) is 4.80. The van der Waals surface area contributed by atoms with Crippen LogP contribution in [0.15, 0.2) is 24.3 Å². The van der Waals surface area contributed by atoms with Gasteiger partial charge in [0.25, 0.3) is 5.91 Å². The molecule has 0 aliphatic rings. The Morgan fingerprint density at radius 2 is 1.85 bits per heavy atom. The summed E-state index contributed by atoms with van der Waals surface area (Å²) in [6, 6.07) is 9.58. The Hall–Kier alpha value is -2.54. The summed E-state index contributed by atoms with van der Waals surface area (Å²) in [7, 11) is 0. The Balaban J connectivity index is 2.66. The highest BCUT2D eigenvalue weighted by Gasteiger charge is 2.25. The van der Waals surface area contributed by atoms with Crippen LogP contribution in [0.5, 0.6) is 0 Å². The number of aromatic nitrogens is 1. The number of carbonyl (C=O) groups excluding carboxylic acids is 1. The van der Waals surface area contributed by atoms with Crippen molar-refractivity contribution in [2.24, 2.45) is 11.1 Å². The number of primary amides is 1. The topological polar surface area (TPSA) is 71.8 Å². The summed E-state index contributed by atoms with van der Waals surface area (Å²) in [5.41, 5.74) is 11.2. The largest absolute Gasteiger partial charge is 0.366 e. The van der Waals surface area contributed by atoms with Crippen LogP contribution in [0, 0.1) is 23.7 Å². The van der Waals surface area contributed by atoms with Crippen LogP contribution in [-0.4, -0.2) is 10.5 Å². The highest BCUT2D eigenvalue weighted by atomic mass is 16.1. The molecule has 0 atom stereocenters. The molecule has 0 bridgehead atoms. The van der Waals surface area contributed by atoms with Crippen LogP contribution in [0.4, 0.5) is 0 Å². The lowest BCUT2D eigenvalue weighted by Gasteiger charge is -2.21. The summed E-state index contributed by atoms with van der Waals surface area (Å²) in [6.07, 6.45) is 4.07. The molecule has 0 radical (unpaired) electrons. The lowest BCUT2D eigenvalue weighted by atomic mass is 9.92. The molecule has 0 saturated carbocycles. The van der Waals surface area contributed by atoms with Crippen molar-refractivity contribution >= 4 is 5.91 Å². The van der Waals surface area contributed by atoms with Crippen LogP contribution in [0.3, 0.4) is 0 Å². The van der Waals surface area contributed by atoms with Crippen LogP contribution in [0.1, 0.15) is 74.3 Å². The van der Waals surface area contributed by atoms with E-state index in [2.05, 4.69) is 38.3 Å². The third-order valence-corrected chi connectivity index (χ3v) is 5.03. The number of hydrogen-bond donors (Lipinski definition) is 1. The lowest BCUT2D eigenvalue weighted by molar-refractivity contribution is 0.1000. The van der Waals surface area contributed by atoms with Gasteiger partial charge >= 0.3 is 0 Å². The molecule has 0 unspecified atom stereocenters.